The van der Waals surface area contributed by atoms with Gasteiger partial charge in [-0.25, -0.2) is 9.59 Å². The maximum Gasteiger partial charge on any atom is 0.328 e. The van der Waals surface area contributed by atoms with Crippen molar-refractivity contribution in [3.63, 3.8) is 0 Å². The topological polar surface area (TPSA) is 87.7 Å². The van der Waals surface area contributed by atoms with Gasteiger partial charge in [0.05, 0.1) is 6.61 Å². The van der Waals surface area contributed by atoms with Gasteiger partial charge >= 0.3 is 12.0 Å². The number of carboxylic acids is 1. The highest BCUT2D eigenvalue weighted by atomic mass is 16.5. The van der Waals surface area contributed by atoms with Gasteiger partial charge in [-0.05, 0) is 18.3 Å². The minimum Gasteiger partial charge on any atom is -0.480 e. The van der Waals surface area contributed by atoms with Gasteiger partial charge in [-0.3, -0.25) is 0 Å². The molecule has 0 heterocycles. The van der Waals surface area contributed by atoms with Crippen molar-refractivity contribution in [2.45, 2.75) is 45.1 Å². The summed E-state index contributed by atoms with van der Waals surface area (Å²) in [7, 11) is 1.40. The Morgan fingerprint density at radius 2 is 1.95 bits per heavy atom. The first kappa shape index (κ1) is 15.8. The largest absolute Gasteiger partial charge is 0.480 e. The van der Waals surface area contributed by atoms with Gasteiger partial charge in [0.25, 0.3) is 0 Å². The number of ether oxygens (including phenoxy) is 1. The molecule has 0 aliphatic heterocycles. The predicted molar refractivity (Wildman–Crippen MR) is 71.0 cm³/mol. The van der Waals surface area contributed by atoms with Crippen LogP contribution >= 0.6 is 0 Å². The Labute approximate surface area is 113 Å². The second-order valence-electron chi connectivity index (χ2n) is 5.54. The van der Waals surface area contributed by atoms with Gasteiger partial charge in [0.15, 0.2) is 6.04 Å². The van der Waals surface area contributed by atoms with Crippen molar-refractivity contribution in [2.75, 3.05) is 20.3 Å². The van der Waals surface area contributed by atoms with Crippen LogP contribution in [-0.2, 0) is 9.53 Å². The van der Waals surface area contributed by atoms with Crippen molar-refractivity contribution in [2.24, 2.45) is 5.41 Å². The Bertz CT molecular complexity index is 314. The van der Waals surface area contributed by atoms with E-state index in [9.17, 15) is 9.59 Å². The van der Waals surface area contributed by atoms with E-state index < -0.39 is 18.0 Å². The Morgan fingerprint density at radius 3 is 2.47 bits per heavy atom. The van der Waals surface area contributed by atoms with E-state index in [-0.39, 0.29) is 12.0 Å². The van der Waals surface area contributed by atoms with E-state index >= 15 is 0 Å². The van der Waals surface area contributed by atoms with Gasteiger partial charge in [0.2, 0.25) is 0 Å². The number of aliphatic carboxylic acids is 1. The molecule has 1 aliphatic rings. The molecule has 1 unspecified atom stereocenters. The second kappa shape index (κ2) is 7.33. The molecule has 110 valence electrons. The summed E-state index contributed by atoms with van der Waals surface area (Å²) in [5.74, 6) is -1.10. The fourth-order valence-electron chi connectivity index (χ4n) is 2.43. The van der Waals surface area contributed by atoms with Crippen LogP contribution in [0.5, 0.6) is 0 Å². The number of carbonyl (C=O) groups is 2. The van der Waals surface area contributed by atoms with E-state index in [4.69, 9.17) is 9.84 Å². The number of urea groups is 1. The quantitative estimate of drug-likeness (QED) is 0.681. The molecule has 0 aromatic heterocycles. The van der Waals surface area contributed by atoms with Crippen LogP contribution in [0.15, 0.2) is 0 Å². The van der Waals surface area contributed by atoms with Gasteiger partial charge in [-0.2, -0.15) is 0 Å². The summed E-state index contributed by atoms with van der Waals surface area (Å²) in [6, 6.07) is -1.46. The fraction of sp³-hybridized carbons (Fsp3) is 0.846. The summed E-state index contributed by atoms with van der Waals surface area (Å²) in [4.78, 5) is 22.5. The Morgan fingerprint density at radius 1 is 1.32 bits per heavy atom. The van der Waals surface area contributed by atoms with Gasteiger partial charge in [0.1, 0.15) is 0 Å². The lowest BCUT2D eigenvalue weighted by molar-refractivity contribution is -0.140. The predicted octanol–water partition coefficient (Wildman–Crippen LogP) is 1.36. The number of hydrogen-bond acceptors (Lipinski definition) is 3. The minimum absolute atomic E-state index is 0.0416. The van der Waals surface area contributed by atoms with Crippen LogP contribution < -0.4 is 10.6 Å². The van der Waals surface area contributed by atoms with E-state index in [1.54, 1.807) is 0 Å². The van der Waals surface area contributed by atoms with Crippen LogP contribution in [0.1, 0.15) is 39.0 Å². The average Bonchev–Trinajstić information content (AvgIpc) is 2.37. The SMILES string of the molecule is COCC(NC(=O)NCC1(C)CCCCC1)C(=O)O. The van der Waals surface area contributed by atoms with Gasteiger partial charge in [-0.15, -0.1) is 0 Å². The molecule has 0 radical (unpaired) electrons. The molecule has 6 nitrogen and oxygen atoms in total. The molecule has 2 amide bonds. The third kappa shape index (κ3) is 5.46. The van der Waals surface area contributed by atoms with Gasteiger partial charge in [0, 0.05) is 13.7 Å². The lowest BCUT2D eigenvalue weighted by Gasteiger charge is -2.33. The lowest BCUT2D eigenvalue weighted by atomic mass is 9.76. The second-order valence-corrected chi connectivity index (χ2v) is 5.54. The molecule has 3 N–H and O–H groups in total. The molecule has 1 rings (SSSR count). The molecule has 0 saturated heterocycles. The number of hydrogen-bond donors (Lipinski definition) is 3. The third-order valence-corrected chi connectivity index (χ3v) is 3.67. The van der Waals surface area contributed by atoms with Crippen LogP contribution in [0, 0.1) is 5.41 Å². The van der Waals surface area contributed by atoms with Crippen LogP contribution in [0.2, 0.25) is 0 Å². The first-order chi connectivity index (χ1) is 8.97. The Hall–Kier alpha value is -1.30. The Kier molecular flexibility index (Phi) is 6.08. The van der Waals surface area contributed by atoms with E-state index in [1.165, 1.54) is 26.4 Å². The minimum atomic E-state index is -1.10. The molecule has 1 saturated carbocycles. The molecule has 0 bridgehead atoms. The van der Waals surface area contributed by atoms with E-state index in [0.29, 0.717) is 6.54 Å². The van der Waals surface area contributed by atoms with Crippen molar-refractivity contribution >= 4 is 12.0 Å². The number of nitrogens with one attached hydrogen (secondary N) is 2. The molecular weight excluding hydrogens is 248 g/mol. The van der Waals surface area contributed by atoms with Crippen LogP contribution in [0.25, 0.3) is 0 Å². The highest BCUT2D eigenvalue weighted by molar-refractivity contribution is 5.82. The van der Waals surface area contributed by atoms with E-state index in [2.05, 4.69) is 17.6 Å². The number of carbonyl (C=O) groups excluding carboxylic acids is 1. The zero-order valence-electron chi connectivity index (χ0n) is 11.7. The smallest absolute Gasteiger partial charge is 0.328 e. The number of rotatable bonds is 6. The van der Waals surface area contributed by atoms with Crippen molar-refractivity contribution in [3.8, 4) is 0 Å². The summed E-state index contributed by atoms with van der Waals surface area (Å²) >= 11 is 0. The number of methoxy groups -OCH3 is 1. The van der Waals surface area contributed by atoms with Crippen LogP contribution in [0.4, 0.5) is 4.79 Å². The summed E-state index contributed by atoms with van der Waals surface area (Å²) in [6.07, 6.45) is 5.86. The molecule has 1 atom stereocenters. The molecular formula is C13H24N2O4. The van der Waals surface area contributed by atoms with Crippen molar-refractivity contribution in [1.82, 2.24) is 10.6 Å². The highest BCUT2D eigenvalue weighted by Gasteiger charge is 2.27. The van der Waals surface area contributed by atoms with Crippen LogP contribution in [-0.4, -0.2) is 43.4 Å². The van der Waals surface area contributed by atoms with E-state index in [0.717, 1.165) is 12.8 Å². The molecule has 0 spiro atoms. The molecule has 0 aromatic rings. The molecule has 6 heteroatoms. The highest BCUT2D eigenvalue weighted by Crippen LogP contribution is 2.34. The average molecular weight is 272 g/mol. The standard InChI is InChI=1S/C13H24N2O4/c1-13(6-4-3-5-7-13)9-14-12(18)15-10(8-19-2)11(16)17/h10H,3-9H2,1-2H3,(H,16,17)(H2,14,15,18). The zero-order chi connectivity index (χ0) is 14.3. The molecule has 1 aliphatic carbocycles. The normalized spacial score (nSPS) is 19.5. The number of carboxylic acid groups (broad SMARTS) is 1. The van der Waals surface area contributed by atoms with Crippen molar-refractivity contribution in [1.29, 1.82) is 0 Å². The van der Waals surface area contributed by atoms with Crippen molar-refractivity contribution in [3.05, 3.63) is 0 Å². The van der Waals surface area contributed by atoms with E-state index in [1.807, 2.05) is 0 Å². The number of amides is 2. The maximum absolute atomic E-state index is 11.7. The zero-order valence-corrected chi connectivity index (χ0v) is 11.7. The summed E-state index contributed by atoms with van der Waals surface area (Å²) in [6.45, 7) is 2.70. The first-order valence-electron chi connectivity index (χ1n) is 6.73. The lowest BCUT2D eigenvalue weighted by Crippen LogP contribution is -2.50. The first-order valence-corrected chi connectivity index (χ1v) is 6.73. The molecule has 0 aromatic carbocycles. The molecule has 1 fully saturated rings. The monoisotopic (exact) mass is 272 g/mol. The molecule has 19 heavy (non-hydrogen) atoms. The summed E-state index contributed by atoms with van der Waals surface area (Å²) in [5.41, 5.74) is 0.134. The summed E-state index contributed by atoms with van der Waals surface area (Å²) in [5, 5.41) is 14.1. The van der Waals surface area contributed by atoms with Crippen LogP contribution in [0.3, 0.4) is 0 Å². The summed E-state index contributed by atoms with van der Waals surface area (Å²) < 4.78 is 4.76. The Balaban J connectivity index is 2.35. The van der Waals surface area contributed by atoms with Crippen molar-refractivity contribution < 1.29 is 19.4 Å². The van der Waals surface area contributed by atoms with Gasteiger partial charge < -0.3 is 20.5 Å². The van der Waals surface area contributed by atoms with Gasteiger partial charge in [-0.1, -0.05) is 26.2 Å². The fourth-order valence-corrected chi connectivity index (χ4v) is 2.43. The maximum atomic E-state index is 11.7. The third-order valence-electron chi connectivity index (χ3n) is 3.67.